The third-order valence-corrected chi connectivity index (χ3v) is 4.39. The highest BCUT2D eigenvalue weighted by Gasteiger charge is 2.36. The minimum atomic E-state index is 0.207. The van der Waals surface area contributed by atoms with Crippen LogP contribution < -0.4 is 4.90 Å². The van der Waals surface area contributed by atoms with Crippen molar-refractivity contribution in [3.8, 4) is 0 Å². The number of unbranched alkanes of at least 4 members (excludes halogenated alkanes) is 2. The molecule has 1 aliphatic heterocycles. The Labute approximate surface area is 127 Å². The van der Waals surface area contributed by atoms with Crippen LogP contribution in [0.2, 0.25) is 0 Å². The van der Waals surface area contributed by atoms with Crippen LogP contribution in [0.25, 0.3) is 0 Å². The Morgan fingerprint density at radius 2 is 1.81 bits per heavy atom. The zero-order valence-electron chi connectivity index (χ0n) is 12.8. The van der Waals surface area contributed by atoms with Gasteiger partial charge in [0.1, 0.15) is 0 Å². The topological polar surface area (TPSA) is 20.3 Å². The van der Waals surface area contributed by atoms with Crippen molar-refractivity contribution in [1.82, 2.24) is 0 Å². The molecule has 1 amide bonds. The summed E-state index contributed by atoms with van der Waals surface area (Å²) in [5.41, 5.74) is 4.54. The molecule has 0 atom stereocenters. The fourth-order valence-electron chi connectivity index (χ4n) is 3.29. The van der Waals surface area contributed by atoms with Crippen LogP contribution in [0.5, 0.6) is 0 Å². The summed E-state index contributed by atoms with van der Waals surface area (Å²) in [5.74, 6) is 0.207. The second-order valence-electron chi connectivity index (χ2n) is 5.87. The smallest absolute Gasteiger partial charge is 0.259 e. The zero-order valence-corrected chi connectivity index (χ0v) is 12.8. The van der Waals surface area contributed by atoms with Gasteiger partial charge in [-0.2, -0.15) is 0 Å². The largest absolute Gasteiger partial charge is 0.277 e. The van der Waals surface area contributed by atoms with Crippen LogP contribution in [-0.4, -0.2) is 5.91 Å². The van der Waals surface area contributed by atoms with Crippen molar-refractivity contribution in [2.75, 3.05) is 4.90 Å². The van der Waals surface area contributed by atoms with Crippen molar-refractivity contribution in [3.63, 3.8) is 0 Å². The standard InChI is InChI=1S/C19H23NO/c1-2-3-5-14-18-16-12-8-9-13-17(16)19(21)20(18)15-10-6-4-7-11-15/h4,6-7,10-11,14H,2-3,5,8-9,12-13H2,1H3/b18-14-. The van der Waals surface area contributed by atoms with E-state index in [0.29, 0.717) is 0 Å². The maximum Gasteiger partial charge on any atom is 0.259 e. The minimum Gasteiger partial charge on any atom is -0.277 e. The molecule has 0 spiro atoms. The monoisotopic (exact) mass is 281 g/mol. The predicted molar refractivity (Wildman–Crippen MR) is 87.0 cm³/mol. The SMILES string of the molecule is CCCC/C=C1/C2=C(CCCC2)C(=O)N1c1ccccc1. The number of amides is 1. The van der Waals surface area contributed by atoms with E-state index in [2.05, 4.69) is 13.0 Å². The van der Waals surface area contributed by atoms with Crippen molar-refractivity contribution in [2.45, 2.75) is 51.9 Å². The molecule has 1 heterocycles. The molecule has 2 aliphatic rings. The van der Waals surface area contributed by atoms with Gasteiger partial charge in [-0.15, -0.1) is 0 Å². The highest BCUT2D eigenvalue weighted by molar-refractivity contribution is 6.13. The van der Waals surface area contributed by atoms with Gasteiger partial charge in [0.2, 0.25) is 0 Å². The number of carbonyl (C=O) groups excluding carboxylic acids is 1. The highest BCUT2D eigenvalue weighted by atomic mass is 16.2. The molecule has 2 heteroatoms. The molecule has 0 unspecified atom stereocenters. The van der Waals surface area contributed by atoms with Gasteiger partial charge in [0.25, 0.3) is 5.91 Å². The maximum absolute atomic E-state index is 12.8. The van der Waals surface area contributed by atoms with Gasteiger partial charge in [-0.3, -0.25) is 9.69 Å². The lowest BCUT2D eigenvalue weighted by molar-refractivity contribution is -0.114. The number of benzene rings is 1. The lowest BCUT2D eigenvalue weighted by atomic mass is 9.92. The fraction of sp³-hybridized carbons (Fsp3) is 0.421. The van der Waals surface area contributed by atoms with E-state index in [1.165, 1.54) is 24.8 Å². The zero-order chi connectivity index (χ0) is 14.7. The summed E-state index contributed by atoms with van der Waals surface area (Å²) >= 11 is 0. The van der Waals surface area contributed by atoms with E-state index in [0.717, 1.165) is 42.6 Å². The van der Waals surface area contributed by atoms with Gasteiger partial charge in [-0.1, -0.05) is 37.6 Å². The van der Waals surface area contributed by atoms with Crippen LogP contribution in [-0.2, 0) is 4.79 Å². The van der Waals surface area contributed by atoms with Gasteiger partial charge in [0.05, 0.1) is 0 Å². The molecular weight excluding hydrogens is 258 g/mol. The van der Waals surface area contributed by atoms with Crippen LogP contribution >= 0.6 is 0 Å². The third-order valence-electron chi connectivity index (χ3n) is 4.39. The number of para-hydroxylation sites is 1. The van der Waals surface area contributed by atoms with Crippen molar-refractivity contribution in [2.24, 2.45) is 0 Å². The Hall–Kier alpha value is -1.83. The molecule has 0 aromatic heterocycles. The van der Waals surface area contributed by atoms with Gasteiger partial charge in [-0.25, -0.2) is 0 Å². The van der Waals surface area contributed by atoms with Crippen molar-refractivity contribution >= 4 is 11.6 Å². The molecule has 1 aromatic rings. The summed E-state index contributed by atoms with van der Waals surface area (Å²) in [6.45, 7) is 2.21. The number of rotatable bonds is 4. The van der Waals surface area contributed by atoms with Crippen LogP contribution in [0.3, 0.4) is 0 Å². The summed E-state index contributed by atoms with van der Waals surface area (Å²) in [5, 5.41) is 0. The van der Waals surface area contributed by atoms with E-state index in [4.69, 9.17) is 0 Å². The van der Waals surface area contributed by atoms with Crippen LogP contribution in [0, 0.1) is 0 Å². The summed E-state index contributed by atoms with van der Waals surface area (Å²) in [6.07, 6.45) is 10.1. The van der Waals surface area contributed by atoms with Crippen molar-refractivity contribution < 1.29 is 4.79 Å². The molecule has 0 bridgehead atoms. The van der Waals surface area contributed by atoms with Crippen LogP contribution in [0.4, 0.5) is 5.69 Å². The average molecular weight is 281 g/mol. The van der Waals surface area contributed by atoms with Crippen LogP contribution in [0.15, 0.2) is 53.3 Å². The number of nitrogens with zero attached hydrogens (tertiary/aromatic N) is 1. The van der Waals surface area contributed by atoms with Gasteiger partial charge in [0.15, 0.2) is 0 Å². The Morgan fingerprint density at radius 3 is 2.52 bits per heavy atom. The molecule has 2 nitrogen and oxygen atoms in total. The van der Waals surface area contributed by atoms with Crippen molar-refractivity contribution in [1.29, 1.82) is 0 Å². The second kappa shape index (κ2) is 6.30. The van der Waals surface area contributed by atoms with Crippen LogP contribution in [0.1, 0.15) is 51.9 Å². The number of anilines is 1. The fourth-order valence-corrected chi connectivity index (χ4v) is 3.29. The first kappa shape index (κ1) is 14.1. The Kier molecular flexibility index (Phi) is 4.23. The van der Waals surface area contributed by atoms with Gasteiger partial charge >= 0.3 is 0 Å². The predicted octanol–water partition coefficient (Wildman–Crippen LogP) is 4.98. The molecule has 21 heavy (non-hydrogen) atoms. The second-order valence-corrected chi connectivity index (χ2v) is 5.87. The molecular formula is C19H23NO. The maximum atomic E-state index is 12.8. The molecule has 1 aliphatic carbocycles. The Morgan fingerprint density at radius 1 is 1.10 bits per heavy atom. The van der Waals surface area contributed by atoms with Crippen molar-refractivity contribution in [3.05, 3.63) is 53.3 Å². The number of carbonyl (C=O) groups is 1. The molecule has 0 fully saturated rings. The quantitative estimate of drug-likeness (QED) is 0.713. The molecule has 0 saturated heterocycles. The van der Waals surface area contributed by atoms with E-state index < -0.39 is 0 Å². The molecule has 0 N–H and O–H groups in total. The first-order valence-corrected chi connectivity index (χ1v) is 8.15. The molecule has 1 aromatic carbocycles. The number of hydrogen-bond acceptors (Lipinski definition) is 1. The van der Waals surface area contributed by atoms with E-state index in [9.17, 15) is 4.79 Å². The average Bonchev–Trinajstić information content (AvgIpc) is 2.82. The van der Waals surface area contributed by atoms with Gasteiger partial charge in [0, 0.05) is 17.0 Å². The van der Waals surface area contributed by atoms with Gasteiger partial charge < -0.3 is 0 Å². The van der Waals surface area contributed by atoms with E-state index in [-0.39, 0.29) is 5.91 Å². The first-order chi connectivity index (χ1) is 10.3. The number of allylic oxidation sites excluding steroid dienone is 2. The Bertz CT molecular complexity index is 583. The highest BCUT2D eigenvalue weighted by Crippen LogP contribution is 2.41. The third kappa shape index (κ3) is 2.67. The minimum absolute atomic E-state index is 0.207. The first-order valence-electron chi connectivity index (χ1n) is 8.15. The molecule has 110 valence electrons. The normalized spacial score (nSPS) is 20.3. The molecule has 3 rings (SSSR count). The lowest BCUT2D eigenvalue weighted by Gasteiger charge is -2.20. The van der Waals surface area contributed by atoms with Gasteiger partial charge in [-0.05, 0) is 56.2 Å². The van der Waals surface area contributed by atoms with E-state index >= 15 is 0 Å². The Balaban J connectivity index is 1.98. The summed E-state index contributed by atoms with van der Waals surface area (Å²) < 4.78 is 0. The molecule has 0 saturated carbocycles. The van der Waals surface area contributed by atoms with E-state index in [1.54, 1.807) is 0 Å². The summed E-state index contributed by atoms with van der Waals surface area (Å²) in [7, 11) is 0. The lowest BCUT2D eigenvalue weighted by Crippen LogP contribution is -2.25. The van der Waals surface area contributed by atoms with E-state index in [1.807, 2.05) is 35.2 Å². The molecule has 0 radical (unpaired) electrons. The summed E-state index contributed by atoms with van der Waals surface area (Å²) in [4.78, 5) is 14.7. The number of hydrogen-bond donors (Lipinski definition) is 0. The summed E-state index contributed by atoms with van der Waals surface area (Å²) in [6, 6.07) is 10.1.